The molecule has 2 aromatic heterocycles. The van der Waals surface area contributed by atoms with Crippen molar-refractivity contribution in [3.63, 3.8) is 0 Å². The highest BCUT2D eigenvalue weighted by molar-refractivity contribution is 5.79. The first kappa shape index (κ1) is 24.9. The fraction of sp³-hybridized carbons (Fsp3) is 0.231. The number of fused-ring (bicyclic) bond motifs is 1. The Morgan fingerprint density at radius 1 is 0.946 bits per heavy atom. The van der Waals surface area contributed by atoms with Crippen LogP contribution in [0.2, 0.25) is 0 Å². The first-order valence-electron chi connectivity index (χ1n) is 11.2. The van der Waals surface area contributed by atoms with Crippen molar-refractivity contribution in [1.82, 2.24) is 14.9 Å². The van der Waals surface area contributed by atoms with Crippen LogP contribution in [0.4, 0.5) is 30.7 Å². The summed E-state index contributed by atoms with van der Waals surface area (Å²) in [6, 6.07) is 8.36. The van der Waals surface area contributed by atoms with Gasteiger partial charge in [0.1, 0.15) is 23.7 Å². The van der Waals surface area contributed by atoms with Gasteiger partial charge in [-0.3, -0.25) is 14.9 Å². The molecule has 3 heterocycles. The number of hydrogen-bond donors (Lipinski definition) is 0. The molecule has 4 nitrogen and oxygen atoms in total. The molecule has 2 aromatic carbocycles. The Morgan fingerprint density at radius 3 is 2.41 bits per heavy atom. The van der Waals surface area contributed by atoms with Gasteiger partial charge in [0.05, 0.1) is 17.4 Å². The van der Waals surface area contributed by atoms with Gasteiger partial charge in [-0.15, -0.1) is 0 Å². The Bertz CT molecular complexity index is 1430. The van der Waals surface area contributed by atoms with Gasteiger partial charge < -0.3 is 4.74 Å². The van der Waals surface area contributed by atoms with Gasteiger partial charge in [0.25, 0.3) is 5.92 Å². The number of aromatic nitrogens is 2. The van der Waals surface area contributed by atoms with E-state index in [-0.39, 0.29) is 28.0 Å². The largest absolute Gasteiger partial charge is 0.453 e. The number of halogens is 7. The first-order chi connectivity index (χ1) is 17.5. The molecule has 1 saturated heterocycles. The van der Waals surface area contributed by atoms with Crippen molar-refractivity contribution in [3.8, 4) is 11.5 Å². The van der Waals surface area contributed by atoms with Gasteiger partial charge in [-0.25, -0.2) is 17.6 Å². The monoisotopic (exact) mass is 521 g/mol. The van der Waals surface area contributed by atoms with Gasteiger partial charge in [-0.1, -0.05) is 30.3 Å². The molecule has 5 rings (SSSR count). The number of nitrogens with zero attached hydrogens (tertiary/aromatic N) is 3. The molecule has 1 aliphatic rings. The maximum atomic E-state index is 14.8. The molecule has 0 radical (unpaired) electrons. The van der Waals surface area contributed by atoms with E-state index in [0.29, 0.717) is 6.07 Å². The predicted octanol–water partition coefficient (Wildman–Crippen LogP) is 7.39. The average Bonchev–Trinajstić information content (AvgIpc) is 3.15. The fourth-order valence-electron chi connectivity index (χ4n) is 4.57. The zero-order valence-electron chi connectivity index (χ0n) is 18.9. The molecule has 0 saturated carbocycles. The maximum Gasteiger partial charge on any atom is 0.409 e. The third-order valence-corrected chi connectivity index (χ3v) is 6.16. The average molecular weight is 521 g/mol. The molecule has 0 bridgehead atoms. The van der Waals surface area contributed by atoms with E-state index in [9.17, 15) is 30.7 Å². The summed E-state index contributed by atoms with van der Waals surface area (Å²) in [5, 5.41) is 0.274. The highest BCUT2D eigenvalue weighted by Crippen LogP contribution is 2.51. The molecular weight excluding hydrogens is 503 g/mol. The number of rotatable bonds is 5. The molecule has 2 atom stereocenters. The fourth-order valence-corrected chi connectivity index (χ4v) is 4.57. The van der Waals surface area contributed by atoms with E-state index in [1.54, 1.807) is 6.07 Å². The molecule has 0 amide bonds. The van der Waals surface area contributed by atoms with Gasteiger partial charge in [0, 0.05) is 30.6 Å². The van der Waals surface area contributed by atoms with Gasteiger partial charge in [0.2, 0.25) is 0 Å². The van der Waals surface area contributed by atoms with Crippen molar-refractivity contribution in [2.24, 2.45) is 0 Å². The van der Waals surface area contributed by atoms with Crippen LogP contribution in [0.15, 0.2) is 73.1 Å². The summed E-state index contributed by atoms with van der Waals surface area (Å²) in [7, 11) is 0. The van der Waals surface area contributed by atoms with Gasteiger partial charge in [-0.05, 0) is 29.8 Å². The summed E-state index contributed by atoms with van der Waals surface area (Å²) in [6.07, 6.45) is -3.35. The van der Waals surface area contributed by atoms with Crippen molar-refractivity contribution in [2.45, 2.75) is 30.6 Å². The first-order valence-corrected chi connectivity index (χ1v) is 11.2. The zero-order valence-corrected chi connectivity index (χ0v) is 18.9. The molecule has 0 aliphatic carbocycles. The molecule has 2 unspecified atom stereocenters. The van der Waals surface area contributed by atoms with E-state index in [1.807, 2.05) is 0 Å². The van der Waals surface area contributed by atoms with E-state index in [0.717, 1.165) is 35.5 Å². The normalized spacial score (nSPS) is 18.7. The summed E-state index contributed by atoms with van der Waals surface area (Å²) >= 11 is 0. The lowest BCUT2D eigenvalue weighted by atomic mass is 9.99. The smallest absolute Gasteiger partial charge is 0.409 e. The number of hydrogen-bond acceptors (Lipinski definition) is 4. The second kappa shape index (κ2) is 9.29. The summed E-state index contributed by atoms with van der Waals surface area (Å²) in [5.74, 6) is -5.34. The summed E-state index contributed by atoms with van der Waals surface area (Å²) < 4.78 is 105. The Hall–Kier alpha value is -3.73. The van der Waals surface area contributed by atoms with Crippen LogP contribution in [-0.2, 0) is 0 Å². The molecular formula is C26H18F7N3O. The van der Waals surface area contributed by atoms with Crippen LogP contribution in [0, 0.1) is 11.6 Å². The van der Waals surface area contributed by atoms with E-state index in [1.165, 1.54) is 30.3 Å². The SMILES string of the molecule is Fc1ccc(Oc2cnc3cc(C(N4CCC(F)(F)C4c4ccccc4)C(F)(F)F)ncc3c2)c(F)c1. The lowest BCUT2D eigenvalue weighted by Gasteiger charge is -2.35. The second-order valence-corrected chi connectivity index (χ2v) is 8.66. The molecule has 0 spiro atoms. The highest BCUT2D eigenvalue weighted by atomic mass is 19.4. The molecule has 192 valence electrons. The van der Waals surface area contributed by atoms with Gasteiger partial charge >= 0.3 is 6.18 Å². The van der Waals surface area contributed by atoms with Crippen LogP contribution in [-0.4, -0.2) is 33.5 Å². The minimum Gasteiger partial charge on any atom is -0.453 e. The molecule has 11 heteroatoms. The van der Waals surface area contributed by atoms with Crippen molar-refractivity contribution < 1.29 is 35.5 Å². The van der Waals surface area contributed by atoms with E-state index in [2.05, 4.69) is 9.97 Å². The Kier molecular flexibility index (Phi) is 6.26. The number of benzene rings is 2. The quantitative estimate of drug-likeness (QED) is 0.257. The number of likely N-dealkylation sites (tertiary alicyclic amines) is 1. The van der Waals surface area contributed by atoms with E-state index in [4.69, 9.17) is 4.74 Å². The topological polar surface area (TPSA) is 38.2 Å². The van der Waals surface area contributed by atoms with Crippen LogP contribution in [0.5, 0.6) is 11.5 Å². The van der Waals surface area contributed by atoms with Crippen LogP contribution in [0.1, 0.15) is 29.8 Å². The minimum atomic E-state index is -4.91. The Morgan fingerprint density at radius 2 is 1.70 bits per heavy atom. The lowest BCUT2D eigenvalue weighted by Crippen LogP contribution is -2.41. The van der Waals surface area contributed by atoms with Crippen LogP contribution in [0.25, 0.3) is 10.9 Å². The van der Waals surface area contributed by atoms with Crippen molar-refractivity contribution in [2.75, 3.05) is 6.54 Å². The van der Waals surface area contributed by atoms with E-state index >= 15 is 0 Å². The number of alkyl halides is 5. The van der Waals surface area contributed by atoms with Gasteiger partial charge in [0.15, 0.2) is 11.6 Å². The van der Waals surface area contributed by atoms with E-state index < -0.39 is 54.5 Å². The summed E-state index contributed by atoms with van der Waals surface area (Å²) in [4.78, 5) is 8.77. The molecule has 1 aliphatic heterocycles. The molecule has 0 N–H and O–H groups in total. The minimum absolute atomic E-state index is 0.0447. The summed E-state index contributed by atoms with van der Waals surface area (Å²) in [6.45, 7) is -0.486. The highest BCUT2D eigenvalue weighted by Gasteiger charge is 2.57. The third-order valence-electron chi connectivity index (χ3n) is 6.16. The van der Waals surface area contributed by atoms with Crippen LogP contribution in [0.3, 0.4) is 0 Å². The standard InChI is InChI=1S/C26H18F7N3O/c27-17-6-7-22(19(28)11-17)37-18-10-16-13-34-21(12-20(16)35-14-18)24(26(31,32)33)36-9-8-25(29,30)23(36)15-4-2-1-3-5-15/h1-7,10-14,23-24H,8-9H2. The Balaban J connectivity index is 1.50. The van der Waals surface area contributed by atoms with Crippen LogP contribution < -0.4 is 4.74 Å². The van der Waals surface area contributed by atoms with Crippen LogP contribution >= 0.6 is 0 Å². The third kappa shape index (κ3) is 4.95. The number of pyridine rings is 2. The summed E-state index contributed by atoms with van der Waals surface area (Å²) in [5.41, 5.74) is -0.300. The Labute approximate surface area is 206 Å². The van der Waals surface area contributed by atoms with Gasteiger partial charge in [-0.2, -0.15) is 13.2 Å². The molecule has 1 fully saturated rings. The zero-order chi connectivity index (χ0) is 26.4. The maximum absolute atomic E-state index is 14.8. The molecule has 37 heavy (non-hydrogen) atoms. The van der Waals surface area contributed by atoms with Crippen molar-refractivity contribution >= 4 is 10.9 Å². The van der Waals surface area contributed by atoms with Crippen molar-refractivity contribution in [1.29, 1.82) is 0 Å². The predicted molar refractivity (Wildman–Crippen MR) is 120 cm³/mol. The second-order valence-electron chi connectivity index (χ2n) is 8.66. The van der Waals surface area contributed by atoms with Crippen molar-refractivity contribution in [3.05, 3.63) is 95.9 Å². The lowest BCUT2D eigenvalue weighted by molar-refractivity contribution is -0.196. The number of ether oxygens (including phenoxy) is 1. The molecule has 4 aromatic rings.